The van der Waals surface area contributed by atoms with Gasteiger partial charge in [-0.25, -0.2) is 4.98 Å². The summed E-state index contributed by atoms with van der Waals surface area (Å²) in [6.45, 7) is 2.53. The van der Waals surface area contributed by atoms with Crippen molar-refractivity contribution in [2.75, 3.05) is 5.32 Å². The van der Waals surface area contributed by atoms with E-state index in [1.165, 1.54) is 16.9 Å². The van der Waals surface area contributed by atoms with Gasteiger partial charge in [0.25, 0.3) is 5.91 Å². The molecule has 1 heterocycles. The number of thiazole rings is 1. The number of amides is 1. The largest absolute Gasteiger partial charge is 0.489 e. The smallest absolute Gasteiger partial charge is 0.268 e. The number of hydrogen-bond acceptors (Lipinski definition) is 5. The molecule has 0 radical (unpaired) electrons. The van der Waals surface area contributed by atoms with Gasteiger partial charge < -0.3 is 4.74 Å². The minimum Gasteiger partial charge on any atom is -0.489 e. The first-order valence-corrected chi connectivity index (χ1v) is 10.5. The standard InChI is InChI=1S/C25H19N3O2S/c1-17-6-2-3-7-19(17)16-30-21-12-10-18(11-13-21)14-20(15-26)24(29)28-25-27-22-8-4-5-9-23(22)31-25/h2-14H,16H2,1H3,(H,27,28,29)/b20-14+. The number of hydrogen-bond donors (Lipinski definition) is 1. The molecule has 1 aromatic heterocycles. The number of carbonyl (C=O) groups is 1. The molecule has 0 atom stereocenters. The second-order valence-electron chi connectivity index (χ2n) is 6.89. The van der Waals surface area contributed by atoms with E-state index in [1.807, 2.05) is 72.8 Å². The van der Waals surface area contributed by atoms with Gasteiger partial charge in [-0.05, 0) is 54.0 Å². The Labute approximate surface area is 184 Å². The fourth-order valence-electron chi connectivity index (χ4n) is 3.00. The molecule has 0 spiro atoms. The van der Waals surface area contributed by atoms with E-state index in [1.54, 1.807) is 6.08 Å². The van der Waals surface area contributed by atoms with Crippen LogP contribution in [0.25, 0.3) is 16.3 Å². The highest BCUT2D eigenvalue weighted by molar-refractivity contribution is 7.22. The van der Waals surface area contributed by atoms with E-state index in [4.69, 9.17) is 4.74 Å². The van der Waals surface area contributed by atoms with Crippen molar-refractivity contribution in [2.24, 2.45) is 0 Å². The molecule has 3 aromatic carbocycles. The van der Waals surface area contributed by atoms with Gasteiger partial charge in [-0.2, -0.15) is 5.26 Å². The molecular weight excluding hydrogens is 406 g/mol. The van der Waals surface area contributed by atoms with E-state index in [9.17, 15) is 10.1 Å². The second-order valence-corrected chi connectivity index (χ2v) is 7.93. The van der Waals surface area contributed by atoms with Crippen LogP contribution in [0.1, 0.15) is 16.7 Å². The van der Waals surface area contributed by atoms with Gasteiger partial charge in [-0.1, -0.05) is 59.9 Å². The van der Waals surface area contributed by atoms with Gasteiger partial charge in [-0.3, -0.25) is 10.1 Å². The Morgan fingerprint density at radius 2 is 1.84 bits per heavy atom. The Kier molecular flexibility index (Phi) is 6.06. The van der Waals surface area contributed by atoms with Gasteiger partial charge in [-0.15, -0.1) is 0 Å². The molecule has 0 aliphatic carbocycles. The molecule has 0 aliphatic heterocycles. The van der Waals surface area contributed by atoms with Gasteiger partial charge in [0.2, 0.25) is 0 Å². The average Bonchev–Trinajstić information content (AvgIpc) is 3.20. The lowest BCUT2D eigenvalue weighted by Gasteiger charge is -2.08. The molecule has 5 nitrogen and oxygen atoms in total. The Bertz CT molecular complexity index is 1270. The number of nitrogens with one attached hydrogen (secondary N) is 1. The summed E-state index contributed by atoms with van der Waals surface area (Å²) in [5.41, 5.74) is 3.86. The summed E-state index contributed by atoms with van der Waals surface area (Å²) in [6.07, 6.45) is 1.55. The highest BCUT2D eigenvalue weighted by Gasteiger charge is 2.12. The van der Waals surface area contributed by atoms with E-state index in [-0.39, 0.29) is 5.57 Å². The average molecular weight is 426 g/mol. The fraction of sp³-hybridized carbons (Fsp3) is 0.0800. The zero-order valence-corrected chi connectivity index (χ0v) is 17.6. The molecule has 0 saturated heterocycles. The van der Waals surface area contributed by atoms with Crippen LogP contribution in [0, 0.1) is 18.3 Å². The van der Waals surface area contributed by atoms with Crippen molar-refractivity contribution in [1.29, 1.82) is 5.26 Å². The van der Waals surface area contributed by atoms with Crippen LogP contribution in [0.4, 0.5) is 5.13 Å². The molecule has 4 rings (SSSR count). The summed E-state index contributed by atoms with van der Waals surface area (Å²) < 4.78 is 6.82. The zero-order chi connectivity index (χ0) is 21.6. The molecule has 0 fully saturated rings. The number of fused-ring (bicyclic) bond motifs is 1. The Morgan fingerprint density at radius 1 is 1.10 bits per heavy atom. The number of ether oxygens (including phenoxy) is 1. The maximum atomic E-state index is 12.5. The predicted molar refractivity (Wildman–Crippen MR) is 124 cm³/mol. The quantitative estimate of drug-likeness (QED) is 0.316. The highest BCUT2D eigenvalue weighted by atomic mass is 32.1. The van der Waals surface area contributed by atoms with Gasteiger partial charge in [0.05, 0.1) is 10.2 Å². The summed E-state index contributed by atoms with van der Waals surface area (Å²) in [7, 11) is 0. The van der Waals surface area contributed by atoms with E-state index in [0.717, 1.165) is 27.1 Å². The van der Waals surface area contributed by atoms with Crippen molar-refractivity contribution >= 4 is 38.7 Å². The van der Waals surface area contributed by atoms with E-state index >= 15 is 0 Å². The molecule has 31 heavy (non-hydrogen) atoms. The summed E-state index contributed by atoms with van der Waals surface area (Å²) in [5.74, 6) is 0.235. The van der Waals surface area contributed by atoms with Crippen molar-refractivity contribution in [3.05, 3.63) is 95.1 Å². The number of aromatic nitrogens is 1. The molecule has 1 amide bonds. The first-order valence-electron chi connectivity index (χ1n) is 9.68. The highest BCUT2D eigenvalue weighted by Crippen LogP contribution is 2.26. The number of benzene rings is 3. The van der Waals surface area contributed by atoms with Crippen molar-refractivity contribution in [3.63, 3.8) is 0 Å². The summed E-state index contributed by atoms with van der Waals surface area (Å²) >= 11 is 1.37. The Balaban J connectivity index is 1.42. The molecule has 0 saturated carbocycles. The third-order valence-corrected chi connectivity index (χ3v) is 5.68. The summed E-state index contributed by atoms with van der Waals surface area (Å²) in [6, 6.07) is 24.9. The lowest BCUT2D eigenvalue weighted by Crippen LogP contribution is -2.13. The van der Waals surface area contributed by atoms with Gasteiger partial charge in [0.15, 0.2) is 5.13 Å². The third-order valence-electron chi connectivity index (χ3n) is 4.73. The lowest BCUT2D eigenvalue weighted by molar-refractivity contribution is -0.112. The van der Waals surface area contributed by atoms with Crippen molar-refractivity contribution in [3.8, 4) is 11.8 Å². The third kappa shape index (κ3) is 4.97. The van der Waals surface area contributed by atoms with Crippen LogP contribution in [0.15, 0.2) is 78.4 Å². The van der Waals surface area contributed by atoms with Gasteiger partial charge in [0.1, 0.15) is 24.0 Å². The van der Waals surface area contributed by atoms with Crippen molar-refractivity contribution in [2.45, 2.75) is 13.5 Å². The van der Waals surface area contributed by atoms with E-state index in [2.05, 4.69) is 23.3 Å². The second kappa shape index (κ2) is 9.24. The molecule has 152 valence electrons. The minimum atomic E-state index is -0.485. The van der Waals surface area contributed by atoms with Crippen LogP contribution < -0.4 is 10.1 Å². The number of anilines is 1. The van der Waals surface area contributed by atoms with Crippen LogP contribution in [0.2, 0.25) is 0 Å². The number of aryl methyl sites for hydroxylation is 1. The Morgan fingerprint density at radius 3 is 2.58 bits per heavy atom. The first kappa shape index (κ1) is 20.3. The van der Waals surface area contributed by atoms with Crippen LogP contribution in [-0.2, 0) is 11.4 Å². The molecule has 0 aliphatic rings. The maximum Gasteiger partial charge on any atom is 0.268 e. The van der Waals surface area contributed by atoms with Crippen LogP contribution in [-0.4, -0.2) is 10.9 Å². The summed E-state index contributed by atoms with van der Waals surface area (Å²) in [5, 5.41) is 12.6. The topological polar surface area (TPSA) is 75.0 Å². The number of nitrogens with zero attached hydrogens (tertiary/aromatic N) is 2. The van der Waals surface area contributed by atoms with Crippen LogP contribution in [0.5, 0.6) is 5.75 Å². The molecule has 6 heteroatoms. The summed E-state index contributed by atoms with van der Waals surface area (Å²) in [4.78, 5) is 16.9. The van der Waals surface area contributed by atoms with Gasteiger partial charge >= 0.3 is 0 Å². The van der Waals surface area contributed by atoms with E-state index < -0.39 is 5.91 Å². The maximum absolute atomic E-state index is 12.5. The number of rotatable bonds is 6. The van der Waals surface area contributed by atoms with Crippen LogP contribution in [0.3, 0.4) is 0 Å². The number of para-hydroxylation sites is 1. The zero-order valence-electron chi connectivity index (χ0n) is 16.8. The number of nitriles is 1. The molecule has 0 unspecified atom stereocenters. The van der Waals surface area contributed by atoms with Crippen molar-refractivity contribution in [1.82, 2.24) is 4.98 Å². The Hall–Kier alpha value is -3.95. The molecular formula is C25H19N3O2S. The molecule has 1 N–H and O–H groups in total. The van der Waals surface area contributed by atoms with Crippen LogP contribution >= 0.6 is 11.3 Å². The SMILES string of the molecule is Cc1ccccc1COc1ccc(/C=C(\C#N)C(=O)Nc2nc3ccccc3s2)cc1. The minimum absolute atomic E-state index is 0.00725. The predicted octanol–water partition coefficient (Wildman–Crippen LogP) is 5.73. The number of carbonyl (C=O) groups excluding carboxylic acids is 1. The molecule has 4 aromatic rings. The van der Waals surface area contributed by atoms with Crippen molar-refractivity contribution < 1.29 is 9.53 Å². The lowest BCUT2D eigenvalue weighted by atomic mass is 10.1. The first-order chi connectivity index (χ1) is 15.1. The fourth-order valence-corrected chi connectivity index (χ4v) is 3.86. The monoisotopic (exact) mass is 425 g/mol. The van der Waals surface area contributed by atoms with Gasteiger partial charge in [0, 0.05) is 0 Å². The molecule has 0 bridgehead atoms. The van der Waals surface area contributed by atoms with E-state index in [0.29, 0.717) is 11.7 Å². The normalized spacial score (nSPS) is 11.2.